The van der Waals surface area contributed by atoms with E-state index in [1.165, 1.54) is 6.07 Å². The largest absolute Gasteiger partial charge is 0.488 e. The number of nitrogens with one attached hydrogen (secondary N) is 1. The van der Waals surface area contributed by atoms with Crippen LogP contribution in [0.15, 0.2) is 30.6 Å². The number of benzene rings is 1. The van der Waals surface area contributed by atoms with E-state index < -0.39 is 0 Å². The number of fused-ring (bicyclic) bond motifs is 1. The second-order valence-corrected chi connectivity index (χ2v) is 4.85. The number of aromatic nitrogens is 1. The maximum Gasteiger partial charge on any atom is 0.277 e. The van der Waals surface area contributed by atoms with Crippen LogP contribution in [0.2, 0.25) is 0 Å². The monoisotopic (exact) mass is 273 g/mol. The molecular formula is C14H15N3O3. The van der Waals surface area contributed by atoms with Crippen molar-refractivity contribution in [2.45, 2.75) is 18.9 Å². The van der Waals surface area contributed by atoms with E-state index in [4.69, 9.17) is 4.74 Å². The lowest BCUT2D eigenvalue weighted by Crippen LogP contribution is -2.37. The van der Waals surface area contributed by atoms with Gasteiger partial charge in [0.05, 0.1) is 10.3 Å². The summed E-state index contributed by atoms with van der Waals surface area (Å²) in [6.07, 6.45) is 5.35. The first-order valence-electron chi connectivity index (χ1n) is 6.64. The first kappa shape index (κ1) is 12.8. The molecule has 0 unspecified atom stereocenters. The van der Waals surface area contributed by atoms with Crippen LogP contribution in [0.3, 0.4) is 0 Å². The van der Waals surface area contributed by atoms with Gasteiger partial charge >= 0.3 is 0 Å². The van der Waals surface area contributed by atoms with Gasteiger partial charge in [0.1, 0.15) is 11.9 Å². The summed E-state index contributed by atoms with van der Waals surface area (Å²) >= 11 is 0. The Bertz CT molecular complexity index is 639. The summed E-state index contributed by atoms with van der Waals surface area (Å²) in [5, 5.41) is 15.6. The molecule has 0 saturated carbocycles. The molecule has 1 saturated heterocycles. The van der Waals surface area contributed by atoms with Crippen molar-refractivity contribution in [3.8, 4) is 5.75 Å². The highest BCUT2D eigenvalue weighted by molar-refractivity contribution is 5.94. The summed E-state index contributed by atoms with van der Waals surface area (Å²) in [7, 11) is 0. The molecule has 1 fully saturated rings. The first-order valence-corrected chi connectivity index (χ1v) is 6.64. The predicted octanol–water partition coefficient (Wildman–Crippen LogP) is 2.27. The lowest BCUT2D eigenvalue weighted by Gasteiger charge is -2.24. The molecule has 6 heteroatoms. The first-order chi connectivity index (χ1) is 9.75. The van der Waals surface area contributed by atoms with Crippen LogP contribution >= 0.6 is 0 Å². The third-order valence-corrected chi connectivity index (χ3v) is 3.50. The maximum absolute atomic E-state index is 11.1. The summed E-state index contributed by atoms with van der Waals surface area (Å²) in [6, 6.07) is 4.81. The van der Waals surface area contributed by atoms with Crippen molar-refractivity contribution in [3.63, 3.8) is 0 Å². The fraction of sp³-hybridized carbons (Fsp3) is 0.357. The third kappa shape index (κ3) is 2.42. The second-order valence-electron chi connectivity index (χ2n) is 4.85. The Morgan fingerprint density at radius 2 is 2.25 bits per heavy atom. The molecule has 3 rings (SSSR count). The molecule has 104 valence electrons. The number of non-ortho nitro benzene ring substituents is 1. The molecule has 6 nitrogen and oxygen atoms in total. The Hall–Kier alpha value is -2.21. The molecule has 2 aromatic rings. The number of ether oxygens (including phenoxy) is 1. The van der Waals surface area contributed by atoms with Crippen molar-refractivity contribution < 1.29 is 9.66 Å². The Kier molecular flexibility index (Phi) is 3.47. The van der Waals surface area contributed by atoms with E-state index in [1.54, 1.807) is 24.5 Å². The zero-order chi connectivity index (χ0) is 13.9. The number of piperidine rings is 1. The van der Waals surface area contributed by atoms with E-state index in [-0.39, 0.29) is 16.7 Å². The molecule has 1 atom stereocenters. The maximum atomic E-state index is 11.1. The van der Waals surface area contributed by atoms with E-state index in [0.29, 0.717) is 16.5 Å². The van der Waals surface area contributed by atoms with Crippen molar-refractivity contribution in [2.24, 2.45) is 0 Å². The molecule has 0 radical (unpaired) electrons. The Balaban J connectivity index is 1.99. The van der Waals surface area contributed by atoms with Gasteiger partial charge in [-0.1, -0.05) is 0 Å². The summed E-state index contributed by atoms with van der Waals surface area (Å²) in [5.41, 5.74) is 0.0801. The van der Waals surface area contributed by atoms with Gasteiger partial charge in [-0.25, -0.2) is 0 Å². The van der Waals surface area contributed by atoms with E-state index in [0.717, 1.165) is 25.9 Å². The fourth-order valence-corrected chi connectivity index (χ4v) is 2.51. The number of nitro benzene ring substituents is 1. The lowest BCUT2D eigenvalue weighted by molar-refractivity contribution is -0.383. The average molecular weight is 273 g/mol. The molecule has 1 aromatic carbocycles. The topological polar surface area (TPSA) is 77.3 Å². The summed E-state index contributed by atoms with van der Waals surface area (Å²) in [6.45, 7) is 1.82. The summed E-state index contributed by atoms with van der Waals surface area (Å²) < 4.78 is 5.98. The smallest absolute Gasteiger partial charge is 0.277 e. The van der Waals surface area contributed by atoms with Gasteiger partial charge in [-0.05, 0) is 31.5 Å². The number of nitrogens with zero attached hydrogens (tertiary/aromatic N) is 2. The molecule has 0 bridgehead atoms. The van der Waals surface area contributed by atoms with Gasteiger partial charge < -0.3 is 10.1 Å². The SMILES string of the molecule is O=[N+]([O-])c1ccc(O[C@H]2CCCNC2)c2cnccc12. The minimum atomic E-state index is -0.381. The van der Waals surface area contributed by atoms with Crippen LogP contribution in [0.5, 0.6) is 5.75 Å². The molecule has 2 heterocycles. The highest BCUT2D eigenvalue weighted by Gasteiger charge is 2.19. The normalized spacial score (nSPS) is 18.9. The predicted molar refractivity (Wildman–Crippen MR) is 74.9 cm³/mol. The minimum absolute atomic E-state index is 0.0801. The van der Waals surface area contributed by atoms with Gasteiger partial charge in [-0.3, -0.25) is 15.1 Å². The highest BCUT2D eigenvalue weighted by Crippen LogP contribution is 2.33. The summed E-state index contributed by atoms with van der Waals surface area (Å²) in [5.74, 6) is 0.660. The Labute approximate surface area is 115 Å². The molecule has 20 heavy (non-hydrogen) atoms. The van der Waals surface area contributed by atoms with Crippen LogP contribution in [0, 0.1) is 10.1 Å². The molecule has 0 aliphatic carbocycles. The van der Waals surface area contributed by atoms with Gasteiger partial charge in [0.25, 0.3) is 5.69 Å². The number of hydrogen-bond acceptors (Lipinski definition) is 5. The van der Waals surface area contributed by atoms with Crippen LogP contribution in [0.1, 0.15) is 12.8 Å². The van der Waals surface area contributed by atoms with Crippen LogP contribution in [0.25, 0.3) is 10.8 Å². The third-order valence-electron chi connectivity index (χ3n) is 3.50. The van der Waals surface area contributed by atoms with Crippen molar-refractivity contribution in [2.75, 3.05) is 13.1 Å². The average Bonchev–Trinajstić information content (AvgIpc) is 2.48. The number of hydrogen-bond donors (Lipinski definition) is 1. The van der Waals surface area contributed by atoms with Crippen molar-refractivity contribution in [3.05, 3.63) is 40.7 Å². The van der Waals surface area contributed by atoms with E-state index in [1.807, 2.05) is 0 Å². The highest BCUT2D eigenvalue weighted by atomic mass is 16.6. The molecular weight excluding hydrogens is 258 g/mol. The zero-order valence-electron chi connectivity index (χ0n) is 10.9. The van der Waals surface area contributed by atoms with Gasteiger partial charge in [-0.2, -0.15) is 0 Å². The minimum Gasteiger partial charge on any atom is -0.488 e. The molecule has 1 N–H and O–H groups in total. The number of rotatable bonds is 3. The van der Waals surface area contributed by atoms with Gasteiger partial charge in [0, 0.05) is 30.4 Å². The lowest BCUT2D eigenvalue weighted by atomic mass is 10.1. The van der Waals surface area contributed by atoms with Gasteiger partial charge in [0.2, 0.25) is 0 Å². The standard InChI is InChI=1S/C14H15N3O3/c18-17(19)13-3-4-14(12-9-16-7-5-11(12)13)20-10-2-1-6-15-8-10/h3-5,7,9-10,15H,1-2,6,8H2/t10-/m0/s1. The molecule has 1 aliphatic rings. The van der Waals surface area contributed by atoms with Crippen molar-refractivity contribution >= 4 is 16.5 Å². The van der Waals surface area contributed by atoms with E-state index in [2.05, 4.69) is 10.3 Å². The van der Waals surface area contributed by atoms with Crippen LogP contribution in [-0.4, -0.2) is 29.1 Å². The molecule has 1 aliphatic heterocycles. The number of pyridine rings is 1. The van der Waals surface area contributed by atoms with E-state index in [9.17, 15) is 10.1 Å². The summed E-state index contributed by atoms with van der Waals surface area (Å²) in [4.78, 5) is 14.7. The van der Waals surface area contributed by atoms with Crippen LogP contribution in [0.4, 0.5) is 5.69 Å². The number of nitro groups is 1. The Morgan fingerprint density at radius 3 is 3.00 bits per heavy atom. The zero-order valence-corrected chi connectivity index (χ0v) is 10.9. The molecule has 0 amide bonds. The van der Waals surface area contributed by atoms with Crippen molar-refractivity contribution in [1.82, 2.24) is 10.3 Å². The van der Waals surface area contributed by atoms with Crippen LogP contribution < -0.4 is 10.1 Å². The quantitative estimate of drug-likeness (QED) is 0.685. The molecule has 1 aromatic heterocycles. The van der Waals surface area contributed by atoms with Gasteiger partial charge in [0.15, 0.2) is 0 Å². The van der Waals surface area contributed by atoms with Crippen molar-refractivity contribution in [1.29, 1.82) is 0 Å². The van der Waals surface area contributed by atoms with E-state index >= 15 is 0 Å². The molecule has 0 spiro atoms. The Morgan fingerprint density at radius 1 is 1.35 bits per heavy atom. The second kappa shape index (κ2) is 5.42. The van der Waals surface area contributed by atoms with Gasteiger partial charge in [-0.15, -0.1) is 0 Å². The fourth-order valence-electron chi connectivity index (χ4n) is 2.51. The van der Waals surface area contributed by atoms with Crippen LogP contribution in [-0.2, 0) is 0 Å².